The average molecular weight is 625 g/mol. The zero-order valence-electron chi connectivity index (χ0n) is 23.2. The first-order valence-electron chi connectivity index (χ1n) is 13.8. The molecule has 0 unspecified atom stereocenters. The van der Waals surface area contributed by atoms with Gasteiger partial charge in [0.1, 0.15) is 34.6 Å². The summed E-state index contributed by atoms with van der Waals surface area (Å²) >= 11 is 0. The van der Waals surface area contributed by atoms with Gasteiger partial charge in [-0.15, -0.1) is 0 Å². The van der Waals surface area contributed by atoms with Crippen molar-refractivity contribution < 1.29 is 49.0 Å². The number of alkyl halides is 2. The first-order chi connectivity index (χ1) is 20.9. The van der Waals surface area contributed by atoms with E-state index in [0.717, 1.165) is 6.07 Å². The summed E-state index contributed by atoms with van der Waals surface area (Å²) in [7, 11) is 0. The average Bonchev–Trinajstić information content (AvgIpc) is 2.95. The van der Waals surface area contributed by atoms with Crippen molar-refractivity contribution >= 4 is 0 Å². The van der Waals surface area contributed by atoms with Crippen LogP contribution >= 0.6 is 0 Å². The number of hydrogen-bond donors (Lipinski definition) is 0. The Kier molecular flexibility index (Phi) is 8.97. The molecule has 5 rings (SSSR count). The fraction of sp³-hybridized carbons (Fsp3) is 0.273. The topological polar surface area (TPSA) is 18.5 Å². The molecule has 0 aliphatic heterocycles. The van der Waals surface area contributed by atoms with Crippen molar-refractivity contribution in [2.75, 3.05) is 6.61 Å². The maximum Gasteiger partial charge on any atom is 0.389 e. The van der Waals surface area contributed by atoms with Crippen molar-refractivity contribution in [1.82, 2.24) is 0 Å². The lowest BCUT2D eigenvalue weighted by Gasteiger charge is -2.31. The van der Waals surface area contributed by atoms with Gasteiger partial charge in [0.15, 0.2) is 17.5 Å². The zero-order chi connectivity index (χ0) is 31.8. The highest BCUT2D eigenvalue weighted by Crippen LogP contribution is 2.42. The van der Waals surface area contributed by atoms with Gasteiger partial charge in [0.2, 0.25) is 0 Å². The second kappa shape index (κ2) is 12.6. The van der Waals surface area contributed by atoms with Crippen LogP contribution in [0.5, 0.6) is 5.75 Å². The second-order valence-corrected chi connectivity index (χ2v) is 10.5. The molecule has 0 amide bonds. The first-order valence-corrected chi connectivity index (χ1v) is 13.8. The van der Waals surface area contributed by atoms with Crippen LogP contribution in [0.2, 0.25) is 0 Å². The predicted octanol–water partition coefficient (Wildman–Crippen LogP) is 10.2. The SMILES string of the molecule is CCOc1cc(F)c(C(F)(F)OC2CCC(c3ccc(-c4ccc(-c5cc(F)c(F)c(F)c5)c(F)c4)c(F)c3)CC2)c(F)c1. The van der Waals surface area contributed by atoms with E-state index in [1.807, 2.05) is 0 Å². The van der Waals surface area contributed by atoms with Gasteiger partial charge in [0.05, 0.1) is 12.7 Å². The van der Waals surface area contributed by atoms with E-state index < -0.39 is 58.5 Å². The van der Waals surface area contributed by atoms with Crippen LogP contribution < -0.4 is 4.74 Å². The molecule has 1 saturated carbocycles. The summed E-state index contributed by atoms with van der Waals surface area (Å²) in [5.74, 6) is -9.64. The smallest absolute Gasteiger partial charge is 0.389 e. The summed E-state index contributed by atoms with van der Waals surface area (Å²) in [5, 5.41) is 0. The van der Waals surface area contributed by atoms with Crippen molar-refractivity contribution in [2.24, 2.45) is 0 Å². The van der Waals surface area contributed by atoms with Crippen molar-refractivity contribution in [1.29, 1.82) is 0 Å². The zero-order valence-corrected chi connectivity index (χ0v) is 23.2. The molecule has 1 fully saturated rings. The standard InChI is InChI=1S/C33H25F9O2/c1-2-43-22-15-27(36)31(28(37)16-22)33(41,42)44-21-7-3-17(4-8-21)18-5-9-23(25(34)11-18)19-6-10-24(26(35)12-19)20-13-29(38)32(40)30(39)14-20/h5-6,9-17,21H,2-4,7-8H2,1H3. The number of ether oxygens (including phenoxy) is 2. The Morgan fingerprint density at radius 3 is 1.75 bits per heavy atom. The van der Waals surface area contributed by atoms with Gasteiger partial charge >= 0.3 is 6.11 Å². The molecule has 4 aromatic rings. The van der Waals surface area contributed by atoms with Crippen LogP contribution in [0.4, 0.5) is 39.5 Å². The third kappa shape index (κ3) is 6.43. The predicted molar refractivity (Wildman–Crippen MR) is 145 cm³/mol. The highest BCUT2D eigenvalue weighted by molar-refractivity contribution is 5.71. The highest BCUT2D eigenvalue weighted by atomic mass is 19.3. The van der Waals surface area contributed by atoms with Gasteiger partial charge < -0.3 is 9.47 Å². The van der Waals surface area contributed by atoms with E-state index in [2.05, 4.69) is 0 Å². The van der Waals surface area contributed by atoms with Crippen LogP contribution in [0.3, 0.4) is 0 Å². The molecule has 0 spiro atoms. The van der Waals surface area contributed by atoms with Gasteiger partial charge in [0.25, 0.3) is 0 Å². The number of hydrogen-bond acceptors (Lipinski definition) is 2. The Balaban J connectivity index is 1.25. The van der Waals surface area contributed by atoms with Crippen LogP contribution in [-0.2, 0) is 10.8 Å². The Bertz CT molecular complexity index is 1630. The first kappa shape index (κ1) is 31.4. The van der Waals surface area contributed by atoms with Crippen molar-refractivity contribution in [3.05, 3.63) is 113 Å². The van der Waals surface area contributed by atoms with Crippen LogP contribution in [0.15, 0.2) is 60.7 Å². The molecular weight excluding hydrogens is 599 g/mol. The van der Waals surface area contributed by atoms with E-state index in [-0.39, 0.29) is 53.4 Å². The molecule has 11 heteroatoms. The van der Waals surface area contributed by atoms with Crippen LogP contribution in [-0.4, -0.2) is 12.7 Å². The summed E-state index contributed by atoms with van der Waals surface area (Å²) in [6, 6.07) is 10.5. The molecule has 0 saturated heterocycles. The van der Waals surface area contributed by atoms with E-state index in [4.69, 9.17) is 9.47 Å². The van der Waals surface area contributed by atoms with Crippen LogP contribution in [0.25, 0.3) is 22.3 Å². The molecule has 0 aromatic heterocycles. The minimum Gasteiger partial charge on any atom is -0.494 e. The lowest BCUT2D eigenvalue weighted by Crippen LogP contribution is -2.31. The Hall–Kier alpha value is -3.99. The molecule has 232 valence electrons. The number of benzene rings is 4. The number of halogens is 9. The molecular formula is C33H25F9O2. The Morgan fingerprint density at radius 2 is 1.18 bits per heavy atom. The Labute approximate surface area is 247 Å². The Morgan fingerprint density at radius 1 is 0.636 bits per heavy atom. The summed E-state index contributed by atoms with van der Waals surface area (Å²) in [6.07, 6.45) is -4.31. The van der Waals surface area contributed by atoms with Crippen LogP contribution in [0.1, 0.15) is 49.7 Å². The van der Waals surface area contributed by atoms with Gasteiger partial charge in [-0.3, -0.25) is 0 Å². The molecule has 0 radical (unpaired) electrons. The maximum atomic E-state index is 15.2. The number of rotatable bonds is 8. The minimum absolute atomic E-state index is 0.0479. The lowest BCUT2D eigenvalue weighted by atomic mass is 9.82. The van der Waals surface area contributed by atoms with Crippen molar-refractivity contribution in [2.45, 2.75) is 50.7 Å². The van der Waals surface area contributed by atoms with Crippen molar-refractivity contribution in [3.8, 4) is 28.0 Å². The van der Waals surface area contributed by atoms with E-state index in [9.17, 15) is 35.1 Å². The lowest BCUT2D eigenvalue weighted by molar-refractivity contribution is -0.280. The molecule has 0 bridgehead atoms. The van der Waals surface area contributed by atoms with E-state index in [1.54, 1.807) is 13.0 Å². The summed E-state index contributed by atoms with van der Waals surface area (Å²) in [5.41, 5.74) is -1.16. The van der Waals surface area contributed by atoms with Gasteiger partial charge in [-0.2, -0.15) is 8.78 Å². The maximum absolute atomic E-state index is 15.2. The summed E-state index contributed by atoms with van der Waals surface area (Å²) < 4.78 is 139. The third-order valence-electron chi connectivity index (χ3n) is 7.65. The molecule has 1 aliphatic rings. The van der Waals surface area contributed by atoms with Crippen molar-refractivity contribution in [3.63, 3.8) is 0 Å². The minimum atomic E-state index is -4.23. The molecule has 4 aromatic carbocycles. The quantitative estimate of drug-likeness (QED) is 0.144. The van der Waals surface area contributed by atoms with E-state index in [1.165, 1.54) is 24.3 Å². The fourth-order valence-corrected chi connectivity index (χ4v) is 5.51. The second-order valence-electron chi connectivity index (χ2n) is 10.5. The van der Waals surface area contributed by atoms with Crippen LogP contribution in [0, 0.1) is 40.7 Å². The summed E-state index contributed by atoms with van der Waals surface area (Å²) in [4.78, 5) is 0. The fourth-order valence-electron chi connectivity index (χ4n) is 5.51. The molecule has 0 N–H and O–H groups in total. The monoisotopic (exact) mass is 624 g/mol. The summed E-state index contributed by atoms with van der Waals surface area (Å²) in [6.45, 7) is 1.67. The molecule has 2 nitrogen and oxygen atoms in total. The van der Waals surface area contributed by atoms with Gasteiger partial charge in [-0.25, -0.2) is 30.7 Å². The molecule has 0 atom stereocenters. The molecule has 0 heterocycles. The highest BCUT2D eigenvalue weighted by Gasteiger charge is 2.42. The van der Waals surface area contributed by atoms with E-state index in [0.29, 0.717) is 42.7 Å². The van der Waals surface area contributed by atoms with Gasteiger partial charge in [-0.05, 0) is 79.5 Å². The van der Waals surface area contributed by atoms with Gasteiger partial charge in [0, 0.05) is 23.3 Å². The molecule has 44 heavy (non-hydrogen) atoms. The third-order valence-corrected chi connectivity index (χ3v) is 7.65. The molecule has 1 aliphatic carbocycles. The normalized spacial score (nSPS) is 17.1. The van der Waals surface area contributed by atoms with Gasteiger partial charge in [-0.1, -0.05) is 24.3 Å². The van der Waals surface area contributed by atoms with E-state index >= 15 is 4.39 Å². The largest absolute Gasteiger partial charge is 0.494 e.